The van der Waals surface area contributed by atoms with Gasteiger partial charge in [-0.2, -0.15) is 4.99 Å². The van der Waals surface area contributed by atoms with Gasteiger partial charge in [0.2, 0.25) is 5.96 Å². The molecular weight excluding hydrogens is 256 g/mol. The summed E-state index contributed by atoms with van der Waals surface area (Å²) < 4.78 is 0. The fourth-order valence-electron chi connectivity index (χ4n) is 2.20. The Bertz CT molecular complexity index is 613. The number of fused-ring (bicyclic) bond motifs is 1. The zero-order valence-corrected chi connectivity index (χ0v) is 11.5. The maximum absolute atomic E-state index is 12.0. The zero-order valence-electron chi connectivity index (χ0n) is 11.5. The number of amides is 1. The van der Waals surface area contributed by atoms with Crippen LogP contribution in [-0.2, 0) is 6.42 Å². The van der Waals surface area contributed by atoms with Crippen LogP contribution in [0.5, 0.6) is 0 Å². The van der Waals surface area contributed by atoms with Gasteiger partial charge in [-0.25, -0.2) is 4.99 Å². The van der Waals surface area contributed by atoms with E-state index in [2.05, 4.69) is 15.3 Å². The number of hydrogen-bond acceptors (Lipinski definition) is 2. The van der Waals surface area contributed by atoms with E-state index < -0.39 is 0 Å². The molecule has 0 saturated carbocycles. The molecule has 0 aromatic heterocycles. The van der Waals surface area contributed by atoms with Gasteiger partial charge in [-0.05, 0) is 44.0 Å². The summed E-state index contributed by atoms with van der Waals surface area (Å²) in [4.78, 5) is 19.7. The summed E-state index contributed by atoms with van der Waals surface area (Å²) in [5, 5.41) is 2.94. The molecule has 1 aromatic rings. The number of aliphatic imine (C=N–C) groups is 2. The van der Waals surface area contributed by atoms with Crippen LogP contribution >= 0.6 is 0 Å². The van der Waals surface area contributed by atoms with Gasteiger partial charge in [0.15, 0.2) is 5.96 Å². The smallest absolute Gasteiger partial charge is 0.251 e. The molecule has 0 bridgehead atoms. The summed E-state index contributed by atoms with van der Waals surface area (Å²) in [7, 11) is 0. The molecule has 0 unspecified atom stereocenters. The Hall–Kier alpha value is -2.57. The first-order chi connectivity index (χ1) is 9.27. The van der Waals surface area contributed by atoms with Gasteiger partial charge in [0.05, 0.1) is 5.69 Å². The minimum Gasteiger partial charge on any atom is -0.370 e. The second-order valence-corrected chi connectivity index (χ2v) is 5.36. The van der Waals surface area contributed by atoms with E-state index in [1.54, 1.807) is 12.1 Å². The molecule has 1 aromatic carbocycles. The molecule has 1 amide bonds. The van der Waals surface area contributed by atoms with Crippen LogP contribution in [0.25, 0.3) is 0 Å². The van der Waals surface area contributed by atoms with Gasteiger partial charge in [0.25, 0.3) is 5.91 Å². The number of nitrogens with two attached hydrogens (primary N) is 3. The van der Waals surface area contributed by atoms with E-state index in [1.165, 1.54) is 0 Å². The van der Waals surface area contributed by atoms with Crippen molar-refractivity contribution in [2.75, 3.05) is 0 Å². The second-order valence-electron chi connectivity index (χ2n) is 5.36. The molecule has 0 spiro atoms. The van der Waals surface area contributed by atoms with Crippen molar-refractivity contribution in [2.45, 2.75) is 25.8 Å². The summed E-state index contributed by atoms with van der Waals surface area (Å²) in [5.74, 6) is -0.252. The summed E-state index contributed by atoms with van der Waals surface area (Å²) in [6, 6.07) is 5.25. The molecule has 20 heavy (non-hydrogen) atoms. The third-order valence-electron chi connectivity index (χ3n) is 2.91. The monoisotopic (exact) mass is 274 g/mol. The van der Waals surface area contributed by atoms with E-state index in [0.29, 0.717) is 11.3 Å². The van der Waals surface area contributed by atoms with Gasteiger partial charge >= 0.3 is 0 Å². The number of benzene rings is 1. The molecule has 106 valence electrons. The van der Waals surface area contributed by atoms with E-state index >= 15 is 0 Å². The van der Waals surface area contributed by atoms with E-state index in [-0.39, 0.29) is 23.4 Å². The molecule has 7 N–H and O–H groups in total. The summed E-state index contributed by atoms with van der Waals surface area (Å²) in [6.07, 6.45) is 0.722. The van der Waals surface area contributed by atoms with Crippen molar-refractivity contribution < 1.29 is 4.79 Å². The lowest BCUT2D eigenvalue weighted by Crippen LogP contribution is -2.49. The highest BCUT2D eigenvalue weighted by Crippen LogP contribution is 2.26. The molecule has 0 saturated heterocycles. The normalized spacial score (nSPS) is 17.1. The fourth-order valence-corrected chi connectivity index (χ4v) is 2.20. The highest BCUT2D eigenvalue weighted by Gasteiger charge is 2.29. The maximum atomic E-state index is 12.0. The molecule has 2 rings (SSSR count). The van der Waals surface area contributed by atoms with Crippen LogP contribution in [-0.4, -0.2) is 23.4 Å². The van der Waals surface area contributed by atoms with Gasteiger partial charge in [-0.15, -0.1) is 0 Å². The van der Waals surface area contributed by atoms with Crippen LogP contribution in [0.4, 0.5) is 5.69 Å². The fraction of sp³-hybridized carbons (Fsp3) is 0.308. The van der Waals surface area contributed by atoms with Gasteiger partial charge < -0.3 is 22.5 Å². The first-order valence-electron chi connectivity index (χ1n) is 6.16. The van der Waals surface area contributed by atoms with Crippen molar-refractivity contribution in [2.24, 2.45) is 27.2 Å². The highest BCUT2D eigenvalue weighted by molar-refractivity contribution is 5.98. The van der Waals surface area contributed by atoms with Crippen molar-refractivity contribution in [1.82, 2.24) is 5.32 Å². The Morgan fingerprint density at radius 3 is 2.65 bits per heavy atom. The third kappa shape index (κ3) is 3.05. The highest BCUT2D eigenvalue weighted by atomic mass is 16.1. The zero-order chi connectivity index (χ0) is 14.9. The van der Waals surface area contributed by atoms with Crippen LogP contribution in [0.3, 0.4) is 0 Å². The minimum atomic E-state index is -0.280. The number of carbonyl (C=O) groups excluding carboxylic acids is 1. The Morgan fingerprint density at radius 2 is 2.00 bits per heavy atom. The van der Waals surface area contributed by atoms with E-state index in [1.807, 2.05) is 19.9 Å². The second kappa shape index (κ2) is 4.84. The van der Waals surface area contributed by atoms with Gasteiger partial charge in [0, 0.05) is 11.1 Å². The number of rotatable bonds is 1. The predicted octanol–water partition coefficient (Wildman–Crippen LogP) is -0.0293. The third-order valence-corrected chi connectivity index (χ3v) is 2.91. The van der Waals surface area contributed by atoms with Crippen LogP contribution in [0.15, 0.2) is 28.2 Å². The van der Waals surface area contributed by atoms with Gasteiger partial charge in [0.1, 0.15) is 0 Å². The average Bonchev–Trinajstić information content (AvgIpc) is 2.24. The average molecular weight is 274 g/mol. The molecule has 7 nitrogen and oxygen atoms in total. The van der Waals surface area contributed by atoms with Crippen LogP contribution in [0.2, 0.25) is 0 Å². The molecule has 0 aliphatic carbocycles. The summed E-state index contributed by atoms with van der Waals surface area (Å²) in [5.41, 5.74) is 18.0. The first kappa shape index (κ1) is 13.9. The molecule has 0 fully saturated rings. The number of guanidine groups is 2. The molecule has 0 atom stereocenters. The summed E-state index contributed by atoms with van der Waals surface area (Å²) in [6.45, 7) is 3.94. The molecule has 1 aliphatic heterocycles. The molecule has 0 radical (unpaired) electrons. The lowest BCUT2D eigenvalue weighted by molar-refractivity contribution is 0.0897. The Balaban J connectivity index is 2.37. The topological polar surface area (TPSA) is 132 Å². The molecular formula is C13H18N6O. The Kier molecular flexibility index (Phi) is 3.35. The van der Waals surface area contributed by atoms with Crippen molar-refractivity contribution in [3.8, 4) is 0 Å². The Morgan fingerprint density at radius 1 is 1.30 bits per heavy atom. The van der Waals surface area contributed by atoms with Crippen LogP contribution in [0.1, 0.15) is 29.8 Å². The van der Waals surface area contributed by atoms with Crippen molar-refractivity contribution in [3.05, 3.63) is 29.3 Å². The molecule has 7 heteroatoms. The number of hydrogen-bond donors (Lipinski definition) is 4. The van der Waals surface area contributed by atoms with Crippen LogP contribution in [0, 0.1) is 0 Å². The summed E-state index contributed by atoms with van der Waals surface area (Å²) >= 11 is 0. The van der Waals surface area contributed by atoms with Crippen LogP contribution < -0.4 is 22.5 Å². The Labute approximate surface area is 117 Å². The predicted molar refractivity (Wildman–Crippen MR) is 78.8 cm³/mol. The lowest BCUT2D eigenvalue weighted by Gasteiger charge is -2.32. The van der Waals surface area contributed by atoms with Gasteiger partial charge in [-0.1, -0.05) is 0 Å². The largest absolute Gasteiger partial charge is 0.370 e. The quantitative estimate of drug-likeness (QED) is 0.423. The molecule has 1 heterocycles. The SMILES string of the molecule is CC1(C)Cc2cc(N=C(N)N=C(N)N)ccc2C(=O)N1. The number of nitrogens with zero attached hydrogens (tertiary/aromatic N) is 2. The van der Waals surface area contributed by atoms with Crippen molar-refractivity contribution in [1.29, 1.82) is 0 Å². The minimum absolute atomic E-state index is 0.0236. The van der Waals surface area contributed by atoms with E-state index in [4.69, 9.17) is 17.2 Å². The first-order valence-corrected chi connectivity index (χ1v) is 6.16. The lowest BCUT2D eigenvalue weighted by atomic mass is 9.87. The standard InChI is InChI=1S/C13H18N6O/c1-13(2)6-7-5-8(17-12(16)18-11(14)15)3-4-9(7)10(20)19-13/h3-5H,6H2,1-2H3,(H,19,20)(H6,14,15,16,17,18). The van der Waals surface area contributed by atoms with E-state index in [9.17, 15) is 4.79 Å². The van der Waals surface area contributed by atoms with E-state index in [0.717, 1.165) is 12.0 Å². The molecule has 1 aliphatic rings. The van der Waals surface area contributed by atoms with Crippen molar-refractivity contribution in [3.63, 3.8) is 0 Å². The number of carbonyl (C=O) groups is 1. The maximum Gasteiger partial charge on any atom is 0.251 e. The number of nitrogens with one attached hydrogen (secondary N) is 1. The van der Waals surface area contributed by atoms with Gasteiger partial charge in [-0.3, -0.25) is 4.79 Å². The van der Waals surface area contributed by atoms with Crippen molar-refractivity contribution >= 4 is 23.5 Å².